The third-order valence-corrected chi connectivity index (χ3v) is 1.31. The second-order valence-corrected chi connectivity index (χ2v) is 2.30. The summed E-state index contributed by atoms with van der Waals surface area (Å²) >= 11 is 0. The Kier molecular flexibility index (Phi) is 2.65. The van der Waals surface area contributed by atoms with Crippen LogP contribution in [0.4, 0.5) is 0 Å². The molecule has 0 spiro atoms. The van der Waals surface area contributed by atoms with Gasteiger partial charge in [-0.05, 0) is 32.1 Å². The van der Waals surface area contributed by atoms with Crippen LogP contribution < -0.4 is 0 Å². The molecule has 0 aliphatic heterocycles. The molecule has 1 rings (SSSR count). The van der Waals surface area contributed by atoms with Gasteiger partial charge in [0.1, 0.15) is 0 Å². The van der Waals surface area contributed by atoms with Crippen LogP contribution >= 0.6 is 0 Å². The van der Waals surface area contributed by atoms with E-state index < -0.39 is 0 Å². The molecule has 1 nitrogen and oxygen atoms in total. The molecule has 11 heavy (non-hydrogen) atoms. The third-order valence-electron chi connectivity index (χ3n) is 1.31. The first-order valence-corrected chi connectivity index (χ1v) is 3.63. The van der Waals surface area contributed by atoms with Crippen molar-refractivity contribution in [2.45, 2.75) is 13.8 Å². The monoisotopic (exact) mass is 145 g/mol. The summed E-state index contributed by atoms with van der Waals surface area (Å²) in [5, 5.41) is 0. The molecule has 0 fully saturated rings. The highest BCUT2D eigenvalue weighted by molar-refractivity contribution is 5.43. The summed E-state index contributed by atoms with van der Waals surface area (Å²) in [6, 6.07) is 5.93. The van der Waals surface area contributed by atoms with Crippen LogP contribution in [-0.2, 0) is 0 Å². The van der Waals surface area contributed by atoms with Crippen LogP contribution in [0.2, 0.25) is 0 Å². The molecular weight excluding hydrogens is 134 g/mol. The van der Waals surface area contributed by atoms with Crippen LogP contribution in [0.5, 0.6) is 0 Å². The lowest BCUT2D eigenvalue weighted by atomic mass is 10.3. The minimum Gasteiger partial charge on any atom is -0.253 e. The van der Waals surface area contributed by atoms with Gasteiger partial charge in [-0.25, -0.2) is 0 Å². The summed E-state index contributed by atoms with van der Waals surface area (Å²) in [4.78, 5) is 4.27. The summed E-state index contributed by atoms with van der Waals surface area (Å²) in [5.41, 5.74) is 4.98. The van der Waals surface area contributed by atoms with Crippen molar-refractivity contribution in [2.75, 3.05) is 0 Å². The second kappa shape index (κ2) is 3.75. The zero-order valence-electron chi connectivity index (χ0n) is 6.83. The summed E-state index contributed by atoms with van der Waals surface area (Å²) < 4.78 is 0. The minimum absolute atomic E-state index is 0.961. The Balaban J connectivity index is 2.97. The molecule has 0 aromatic carbocycles. The molecule has 1 heteroatoms. The lowest BCUT2D eigenvalue weighted by Crippen LogP contribution is -1.81. The van der Waals surface area contributed by atoms with E-state index in [-0.39, 0.29) is 0 Å². The third kappa shape index (κ3) is 2.40. The Bertz CT molecular complexity index is 293. The maximum Gasteiger partial charge on any atom is 0.0709 e. The molecule has 1 heterocycles. The highest BCUT2D eigenvalue weighted by atomic mass is 14.7. The number of aromatic nitrogens is 1. The molecular formula is C10H11N. The lowest BCUT2D eigenvalue weighted by Gasteiger charge is -1.91. The van der Waals surface area contributed by atoms with Gasteiger partial charge in [0.05, 0.1) is 5.69 Å². The fourth-order valence-corrected chi connectivity index (χ4v) is 0.813. The summed E-state index contributed by atoms with van der Waals surface area (Å²) in [6.07, 6.45) is 3.73. The van der Waals surface area contributed by atoms with Crippen LogP contribution in [0.1, 0.15) is 18.3 Å². The van der Waals surface area contributed by atoms with Gasteiger partial charge in [0.25, 0.3) is 0 Å². The van der Waals surface area contributed by atoms with Crippen LogP contribution in [0.25, 0.3) is 6.08 Å². The van der Waals surface area contributed by atoms with Gasteiger partial charge < -0.3 is 0 Å². The normalized spacial score (nSPS) is 8.55. The number of rotatable bonds is 1. The van der Waals surface area contributed by atoms with Crippen LogP contribution in [-0.4, -0.2) is 4.98 Å². The van der Waals surface area contributed by atoms with E-state index in [0.717, 1.165) is 11.4 Å². The average Bonchev–Trinajstić information content (AvgIpc) is 2.01. The van der Waals surface area contributed by atoms with Crippen molar-refractivity contribution in [1.29, 1.82) is 0 Å². The van der Waals surface area contributed by atoms with Crippen molar-refractivity contribution < 1.29 is 0 Å². The van der Waals surface area contributed by atoms with Crippen molar-refractivity contribution in [2.24, 2.45) is 0 Å². The number of nitrogens with zero attached hydrogens (tertiary/aromatic N) is 1. The van der Waals surface area contributed by atoms with E-state index in [4.69, 9.17) is 0 Å². The molecule has 0 saturated heterocycles. The predicted molar refractivity (Wildman–Crippen MR) is 47.2 cm³/mol. The molecule has 0 bridgehead atoms. The standard InChI is InChI=1S/C10H11N/c1-3-4-7-10-8-5-6-9(2)11-10/h3,5-8H,1-2H3. The zero-order chi connectivity index (χ0) is 8.10. The first kappa shape index (κ1) is 7.77. The van der Waals surface area contributed by atoms with Gasteiger partial charge >= 0.3 is 0 Å². The van der Waals surface area contributed by atoms with E-state index in [1.807, 2.05) is 44.2 Å². The van der Waals surface area contributed by atoms with Crippen molar-refractivity contribution in [1.82, 2.24) is 4.98 Å². The smallest absolute Gasteiger partial charge is 0.0709 e. The molecule has 1 aromatic heterocycles. The van der Waals surface area contributed by atoms with Gasteiger partial charge in [0.2, 0.25) is 0 Å². The first-order valence-electron chi connectivity index (χ1n) is 3.63. The van der Waals surface area contributed by atoms with E-state index >= 15 is 0 Å². The molecule has 0 aliphatic rings. The topological polar surface area (TPSA) is 12.9 Å². The molecule has 0 N–H and O–H groups in total. The van der Waals surface area contributed by atoms with Crippen molar-refractivity contribution in [3.05, 3.63) is 41.4 Å². The highest BCUT2D eigenvalue weighted by Gasteiger charge is 1.86. The molecule has 0 atom stereocenters. The predicted octanol–water partition coefficient (Wildman–Crippen LogP) is 2.58. The quantitative estimate of drug-likeness (QED) is 0.553. The number of allylic oxidation sites excluding steroid dienone is 1. The molecule has 0 aliphatic carbocycles. The Morgan fingerprint density at radius 2 is 2.27 bits per heavy atom. The first-order chi connectivity index (χ1) is 5.33. The van der Waals surface area contributed by atoms with Crippen LogP contribution in [0, 0.1) is 6.92 Å². The summed E-state index contributed by atoms with van der Waals surface area (Å²) in [5.74, 6) is 0. The van der Waals surface area contributed by atoms with Gasteiger partial charge in [-0.1, -0.05) is 6.07 Å². The van der Waals surface area contributed by atoms with Gasteiger partial charge in [-0.2, -0.15) is 0 Å². The molecule has 0 radical (unpaired) electrons. The van der Waals surface area contributed by atoms with E-state index in [0.29, 0.717) is 0 Å². The van der Waals surface area contributed by atoms with E-state index in [1.165, 1.54) is 0 Å². The molecule has 0 amide bonds. The van der Waals surface area contributed by atoms with E-state index in [9.17, 15) is 0 Å². The molecule has 0 saturated carbocycles. The van der Waals surface area contributed by atoms with Gasteiger partial charge in [-0.3, -0.25) is 4.98 Å². The van der Waals surface area contributed by atoms with E-state index in [1.54, 1.807) is 0 Å². The Labute approximate surface area is 67.1 Å². The zero-order valence-corrected chi connectivity index (χ0v) is 6.83. The fourth-order valence-electron chi connectivity index (χ4n) is 0.813. The molecule has 0 unspecified atom stereocenters. The second-order valence-electron chi connectivity index (χ2n) is 2.30. The number of hydrogen-bond acceptors (Lipinski definition) is 1. The maximum atomic E-state index is 4.27. The maximum absolute atomic E-state index is 4.27. The fraction of sp³-hybridized carbons (Fsp3) is 0.200. The number of aryl methyl sites for hydroxylation is 1. The van der Waals surface area contributed by atoms with Crippen molar-refractivity contribution in [3.63, 3.8) is 0 Å². The van der Waals surface area contributed by atoms with E-state index in [2.05, 4.69) is 10.7 Å². The minimum atomic E-state index is 0.961. The highest BCUT2D eigenvalue weighted by Crippen LogP contribution is 1.98. The number of hydrogen-bond donors (Lipinski definition) is 0. The van der Waals surface area contributed by atoms with Crippen LogP contribution in [0.3, 0.4) is 0 Å². The Morgan fingerprint density at radius 3 is 2.91 bits per heavy atom. The Hall–Kier alpha value is -1.33. The van der Waals surface area contributed by atoms with Crippen molar-refractivity contribution in [3.8, 4) is 0 Å². The average molecular weight is 145 g/mol. The van der Waals surface area contributed by atoms with Gasteiger partial charge in [-0.15, -0.1) is 5.73 Å². The number of pyridine rings is 1. The van der Waals surface area contributed by atoms with Gasteiger partial charge in [0.15, 0.2) is 0 Å². The summed E-state index contributed by atoms with van der Waals surface area (Å²) in [7, 11) is 0. The SMILES string of the molecule is CC=C=Cc1cccc(C)n1. The molecule has 56 valence electrons. The van der Waals surface area contributed by atoms with Crippen LogP contribution in [0.15, 0.2) is 30.0 Å². The molecule has 1 aromatic rings. The van der Waals surface area contributed by atoms with Gasteiger partial charge in [0, 0.05) is 11.8 Å². The van der Waals surface area contributed by atoms with Crippen molar-refractivity contribution >= 4 is 6.08 Å². The summed E-state index contributed by atoms with van der Waals surface area (Å²) in [6.45, 7) is 3.92. The Morgan fingerprint density at radius 1 is 1.45 bits per heavy atom. The lowest BCUT2D eigenvalue weighted by molar-refractivity contribution is 1.18. The largest absolute Gasteiger partial charge is 0.253 e.